The monoisotopic (exact) mass is 250 g/mol. The average Bonchev–Trinajstić information content (AvgIpc) is 2.54. The first-order valence-electron chi connectivity index (χ1n) is 5.89. The second-order valence-electron chi connectivity index (χ2n) is 4.41. The number of carbonyl (C=O) groups is 1. The van der Waals surface area contributed by atoms with E-state index >= 15 is 0 Å². The maximum atomic E-state index is 11.8. The fourth-order valence-electron chi connectivity index (χ4n) is 1.97. The van der Waals surface area contributed by atoms with Crippen LogP contribution in [0.2, 0.25) is 0 Å². The zero-order valence-corrected chi connectivity index (χ0v) is 11.1. The highest BCUT2D eigenvalue weighted by Crippen LogP contribution is 2.28. The third kappa shape index (κ3) is 3.01. The molecule has 0 atom stereocenters. The van der Waals surface area contributed by atoms with E-state index in [-0.39, 0.29) is 5.24 Å². The fraction of sp³-hybridized carbons (Fsp3) is 0.462. The number of carbonyl (C=O) groups excluding carboxylic acids is 1. The number of rotatable bonds is 1. The molecule has 0 saturated heterocycles. The smallest absolute Gasteiger partial charge is 0.285 e. The maximum absolute atomic E-state index is 11.8. The van der Waals surface area contributed by atoms with Crippen LogP contribution in [0.15, 0.2) is 23.1 Å². The summed E-state index contributed by atoms with van der Waals surface area (Å²) < 4.78 is 0. The van der Waals surface area contributed by atoms with Crippen LogP contribution in [0.4, 0.5) is 4.79 Å². The van der Waals surface area contributed by atoms with Gasteiger partial charge < -0.3 is 10.2 Å². The Morgan fingerprint density at radius 2 is 2.06 bits per heavy atom. The van der Waals surface area contributed by atoms with Crippen molar-refractivity contribution in [1.82, 2.24) is 10.2 Å². The van der Waals surface area contributed by atoms with Crippen molar-refractivity contribution in [2.24, 2.45) is 0 Å². The number of fused-ring (bicyclic) bond motifs is 1. The van der Waals surface area contributed by atoms with Gasteiger partial charge in [-0.25, -0.2) is 0 Å². The number of hydrogen-bond acceptors (Lipinski definition) is 3. The summed E-state index contributed by atoms with van der Waals surface area (Å²) in [6, 6.07) is 6.28. The SMILES string of the molecule is CN(C)C(=O)Sc1cccc2c1CCNCC2. The van der Waals surface area contributed by atoms with E-state index in [0.29, 0.717) is 0 Å². The molecular formula is C13H18N2OS. The second kappa shape index (κ2) is 5.56. The van der Waals surface area contributed by atoms with E-state index in [1.165, 1.54) is 22.9 Å². The van der Waals surface area contributed by atoms with Gasteiger partial charge in [0, 0.05) is 19.0 Å². The molecule has 0 fully saturated rings. The molecule has 1 heterocycles. The highest BCUT2D eigenvalue weighted by molar-refractivity contribution is 8.13. The van der Waals surface area contributed by atoms with Crippen molar-refractivity contribution in [2.75, 3.05) is 27.2 Å². The minimum atomic E-state index is 0.0932. The molecule has 1 N–H and O–H groups in total. The van der Waals surface area contributed by atoms with Crippen molar-refractivity contribution in [3.8, 4) is 0 Å². The van der Waals surface area contributed by atoms with Crippen LogP contribution in [0.1, 0.15) is 11.1 Å². The minimum absolute atomic E-state index is 0.0932. The lowest BCUT2D eigenvalue weighted by atomic mass is 10.0. The van der Waals surface area contributed by atoms with Gasteiger partial charge in [-0.05, 0) is 54.9 Å². The molecular weight excluding hydrogens is 232 g/mol. The van der Waals surface area contributed by atoms with Crippen LogP contribution in [-0.2, 0) is 12.8 Å². The second-order valence-corrected chi connectivity index (χ2v) is 5.40. The zero-order valence-electron chi connectivity index (χ0n) is 10.3. The lowest BCUT2D eigenvalue weighted by Crippen LogP contribution is -2.17. The highest BCUT2D eigenvalue weighted by atomic mass is 32.2. The van der Waals surface area contributed by atoms with Gasteiger partial charge in [-0.15, -0.1) is 0 Å². The first-order valence-corrected chi connectivity index (χ1v) is 6.71. The summed E-state index contributed by atoms with van der Waals surface area (Å²) >= 11 is 1.33. The minimum Gasteiger partial charge on any atom is -0.339 e. The van der Waals surface area contributed by atoms with E-state index in [1.807, 2.05) is 0 Å². The molecule has 92 valence electrons. The van der Waals surface area contributed by atoms with Crippen LogP contribution in [0.3, 0.4) is 0 Å². The lowest BCUT2D eigenvalue weighted by Gasteiger charge is -2.13. The largest absolute Gasteiger partial charge is 0.339 e. The van der Waals surface area contributed by atoms with Crippen LogP contribution in [0, 0.1) is 0 Å². The molecule has 0 aromatic heterocycles. The summed E-state index contributed by atoms with van der Waals surface area (Å²) in [5, 5.41) is 3.49. The summed E-state index contributed by atoms with van der Waals surface area (Å²) in [5.41, 5.74) is 2.73. The lowest BCUT2D eigenvalue weighted by molar-refractivity contribution is 0.241. The zero-order chi connectivity index (χ0) is 12.3. The molecule has 1 aliphatic heterocycles. The summed E-state index contributed by atoms with van der Waals surface area (Å²) in [4.78, 5) is 14.5. The Morgan fingerprint density at radius 1 is 1.29 bits per heavy atom. The molecule has 17 heavy (non-hydrogen) atoms. The average molecular weight is 250 g/mol. The first-order chi connectivity index (χ1) is 8.18. The van der Waals surface area contributed by atoms with E-state index in [4.69, 9.17) is 0 Å². The van der Waals surface area contributed by atoms with E-state index < -0.39 is 0 Å². The molecule has 1 aromatic rings. The molecule has 3 nitrogen and oxygen atoms in total. The number of hydrogen-bond donors (Lipinski definition) is 1. The summed E-state index contributed by atoms with van der Waals surface area (Å²) in [6.45, 7) is 2.03. The maximum Gasteiger partial charge on any atom is 0.285 e. The Morgan fingerprint density at radius 3 is 2.82 bits per heavy atom. The number of amides is 1. The van der Waals surface area contributed by atoms with Crippen molar-refractivity contribution in [3.05, 3.63) is 29.3 Å². The highest BCUT2D eigenvalue weighted by Gasteiger charge is 2.15. The van der Waals surface area contributed by atoms with Crippen molar-refractivity contribution in [2.45, 2.75) is 17.7 Å². The van der Waals surface area contributed by atoms with Gasteiger partial charge in [0.2, 0.25) is 0 Å². The van der Waals surface area contributed by atoms with E-state index in [9.17, 15) is 4.79 Å². The van der Waals surface area contributed by atoms with Crippen LogP contribution in [-0.4, -0.2) is 37.3 Å². The Hall–Kier alpha value is -1.00. The molecule has 0 saturated carbocycles. The topological polar surface area (TPSA) is 32.3 Å². The van der Waals surface area contributed by atoms with Gasteiger partial charge in [0.25, 0.3) is 5.24 Å². The third-order valence-corrected chi connectivity index (χ3v) is 4.06. The Labute approximate surface area is 107 Å². The number of thioether (sulfide) groups is 1. The normalized spacial score (nSPS) is 14.9. The molecule has 0 spiro atoms. The van der Waals surface area contributed by atoms with Crippen LogP contribution < -0.4 is 5.32 Å². The van der Waals surface area contributed by atoms with Gasteiger partial charge in [-0.3, -0.25) is 4.79 Å². The molecule has 0 unspecified atom stereocenters. The van der Waals surface area contributed by atoms with Gasteiger partial charge >= 0.3 is 0 Å². The van der Waals surface area contributed by atoms with Gasteiger partial charge in [-0.1, -0.05) is 12.1 Å². The van der Waals surface area contributed by atoms with Gasteiger partial charge in [-0.2, -0.15) is 0 Å². The Bertz CT molecular complexity index is 418. The van der Waals surface area contributed by atoms with Crippen LogP contribution >= 0.6 is 11.8 Å². The van der Waals surface area contributed by atoms with Crippen LogP contribution in [0.25, 0.3) is 0 Å². The van der Waals surface area contributed by atoms with Crippen molar-refractivity contribution in [1.29, 1.82) is 0 Å². The molecule has 1 aliphatic rings. The van der Waals surface area contributed by atoms with Gasteiger partial charge in [0.1, 0.15) is 0 Å². The number of nitrogens with zero attached hydrogens (tertiary/aromatic N) is 1. The van der Waals surface area contributed by atoms with Crippen molar-refractivity contribution in [3.63, 3.8) is 0 Å². The standard InChI is InChI=1S/C13H18N2OS/c1-15(2)13(16)17-12-5-3-4-10-6-8-14-9-7-11(10)12/h3-5,14H,6-9H2,1-2H3. The quantitative estimate of drug-likeness (QED) is 0.775. The molecule has 0 aliphatic carbocycles. The fourth-order valence-corrected chi connectivity index (χ4v) is 2.85. The van der Waals surface area contributed by atoms with Crippen molar-refractivity contribution >= 4 is 17.0 Å². The van der Waals surface area contributed by atoms with Crippen LogP contribution in [0.5, 0.6) is 0 Å². The van der Waals surface area contributed by atoms with E-state index in [1.54, 1.807) is 19.0 Å². The number of nitrogens with one attached hydrogen (secondary N) is 1. The molecule has 2 rings (SSSR count). The van der Waals surface area contributed by atoms with Gasteiger partial charge in [0.05, 0.1) is 0 Å². The molecule has 1 aromatic carbocycles. The summed E-state index contributed by atoms with van der Waals surface area (Å²) in [6.07, 6.45) is 2.07. The van der Waals surface area contributed by atoms with E-state index in [2.05, 4.69) is 23.5 Å². The molecule has 1 amide bonds. The third-order valence-electron chi connectivity index (χ3n) is 2.92. The number of benzene rings is 1. The predicted octanol–water partition coefficient (Wildman–Crippen LogP) is 2.15. The first kappa shape index (κ1) is 12.5. The van der Waals surface area contributed by atoms with Gasteiger partial charge in [0.15, 0.2) is 0 Å². The molecule has 0 bridgehead atoms. The van der Waals surface area contributed by atoms with Crippen molar-refractivity contribution < 1.29 is 4.79 Å². The summed E-state index contributed by atoms with van der Waals surface area (Å²) in [5.74, 6) is 0. The molecule has 4 heteroatoms. The van der Waals surface area contributed by atoms with E-state index in [0.717, 1.165) is 30.8 Å². The Kier molecular flexibility index (Phi) is 4.07. The summed E-state index contributed by atoms with van der Waals surface area (Å²) in [7, 11) is 3.58. The molecule has 0 radical (unpaired) electrons. The Balaban J connectivity index is 2.25. The predicted molar refractivity (Wildman–Crippen MR) is 71.7 cm³/mol.